The van der Waals surface area contributed by atoms with E-state index >= 15 is 0 Å². The number of benzene rings is 1. The minimum atomic E-state index is 0.185. The maximum atomic E-state index is 5.55. The van der Waals surface area contributed by atoms with Crippen LogP contribution in [-0.2, 0) is 6.42 Å². The highest BCUT2D eigenvalue weighted by atomic mass is 16.5. The summed E-state index contributed by atoms with van der Waals surface area (Å²) in [5.41, 5.74) is 2.09. The third-order valence-electron chi connectivity index (χ3n) is 2.73. The second kappa shape index (κ2) is 9.38. The van der Waals surface area contributed by atoms with E-state index in [0.29, 0.717) is 18.0 Å². The highest BCUT2D eigenvalue weighted by molar-refractivity contribution is 5.49. The molecule has 108 valence electrons. The molecule has 0 aromatic heterocycles. The first-order valence-electron chi connectivity index (χ1n) is 6.63. The molecule has 0 saturated heterocycles. The molecule has 0 aliphatic rings. The molecular formula is C18H19NO2. The van der Waals surface area contributed by atoms with Crippen LogP contribution >= 0.6 is 0 Å². The third kappa shape index (κ3) is 5.53. The molecule has 3 heteroatoms. The van der Waals surface area contributed by atoms with Crippen molar-refractivity contribution in [3.8, 4) is 48.5 Å². The summed E-state index contributed by atoms with van der Waals surface area (Å²) in [6, 6.07) is 3.97. The second-order valence-corrected chi connectivity index (χ2v) is 4.36. The molecule has 21 heavy (non-hydrogen) atoms. The highest BCUT2D eigenvalue weighted by Crippen LogP contribution is 2.32. The molecular weight excluding hydrogens is 262 g/mol. The zero-order valence-electron chi connectivity index (χ0n) is 12.2. The Labute approximate surface area is 127 Å². The quantitative estimate of drug-likeness (QED) is 0.582. The topological polar surface area (TPSA) is 30.5 Å². The third-order valence-corrected chi connectivity index (χ3v) is 2.73. The van der Waals surface area contributed by atoms with Gasteiger partial charge in [-0.2, -0.15) is 0 Å². The van der Waals surface area contributed by atoms with E-state index in [2.05, 4.69) is 23.1 Å². The summed E-state index contributed by atoms with van der Waals surface area (Å²) in [5.74, 6) is 8.69. The van der Waals surface area contributed by atoms with E-state index in [-0.39, 0.29) is 13.2 Å². The van der Waals surface area contributed by atoms with Crippen LogP contribution in [0.5, 0.6) is 11.5 Å². The molecule has 0 atom stereocenters. The van der Waals surface area contributed by atoms with E-state index in [1.807, 2.05) is 19.1 Å². The lowest BCUT2D eigenvalue weighted by atomic mass is 10.1. The molecule has 0 aliphatic carbocycles. The second-order valence-electron chi connectivity index (χ2n) is 4.36. The van der Waals surface area contributed by atoms with Gasteiger partial charge >= 0.3 is 0 Å². The van der Waals surface area contributed by atoms with E-state index in [9.17, 15) is 0 Å². The van der Waals surface area contributed by atoms with Gasteiger partial charge in [-0.05, 0) is 30.5 Å². The molecule has 0 saturated carbocycles. The van der Waals surface area contributed by atoms with Crippen molar-refractivity contribution >= 4 is 0 Å². The monoisotopic (exact) mass is 281 g/mol. The summed E-state index contributed by atoms with van der Waals surface area (Å²) in [7, 11) is 0. The molecule has 0 unspecified atom stereocenters. The lowest BCUT2D eigenvalue weighted by Gasteiger charge is -2.15. The van der Waals surface area contributed by atoms with Gasteiger partial charge in [0.1, 0.15) is 13.2 Å². The zero-order valence-corrected chi connectivity index (χ0v) is 12.2. The smallest absolute Gasteiger partial charge is 0.165 e. The van der Waals surface area contributed by atoms with Crippen molar-refractivity contribution in [2.75, 3.05) is 26.3 Å². The van der Waals surface area contributed by atoms with Crippen LogP contribution in [0.4, 0.5) is 0 Å². The summed E-state index contributed by atoms with van der Waals surface area (Å²) in [4.78, 5) is 0. The molecule has 0 heterocycles. The molecule has 1 rings (SSSR count). The molecule has 0 spiro atoms. The van der Waals surface area contributed by atoms with E-state index in [4.69, 9.17) is 28.7 Å². The lowest BCUT2D eigenvalue weighted by Crippen LogP contribution is -2.17. The first-order chi connectivity index (χ1) is 10.2. The summed E-state index contributed by atoms with van der Waals surface area (Å²) in [6.45, 7) is 3.68. The Morgan fingerprint density at radius 2 is 1.76 bits per heavy atom. The normalized spacial score (nSPS) is 9.24. The highest BCUT2D eigenvalue weighted by Gasteiger charge is 2.11. The van der Waals surface area contributed by atoms with E-state index < -0.39 is 0 Å². The Morgan fingerprint density at radius 1 is 1.05 bits per heavy atom. The molecule has 1 aromatic carbocycles. The Bertz CT molecular complexity index is 585. The fraction of sp³-hybridized carbons (Fsp3) is 0.333. The van der Waals surface area contributed by atoms with Crippen LogP contribution in [0.1, 0.15) is 11.1 Å². The van der Waals surface area contributed by atoms with Crippen LogP contribution in [0.3, 0.4) is 0 Å². The molecule has 0 amide bonds. The van der Waals surface area contributed by atoms with Crippen LogP contribution in [0.25, 0.3) is 0 Å². The van der Waals surface area contributed by atoms with Gasteiger partial charge in [0.15, 0.2) is 11.5 Å². The maximum absolute atomic E-state index is 5.55. The lowest BCUT2D eigenvalue weighted by molar-refractivity contribution is 0.312. The van der Waals surface area contributed by atoms with Gasteiger partial charge < -0.3 is 14.8 Å². The zero-order chi connectivity index (χ0) is 15.5. The van der Waals surface area contributed by atoms with Crippen LogP contribution in [-0.4, -0.2) is 26.3 Å². The van der Waals surface area contributed by atoms with Crippen molar-refractivity contribution < 1.29 is 9.47 Å². The average molecular weight is 281 g/mol. The molecule has 1 aromatic rings. The first kappa shape index (κ1) is 16.5. The van der Waals surface area contributed by atoms with Crippen molar-refractivity contribution in [3.63, 3.8) is 0 Å². The number of aryl methyl sites for hydroxylation is 1. The Morgan fingerprint density at radius 3 is 2.43 bits per heavy atom. The van der Waals surface area contributed by atoms with Crippen LogP contribution in [0.15, 0.2) is 12.1 Å². The van der Waals surface area contributed by atoms with Crippen LogP contribution in [0, 0.1) is 44.0 Å². The summed E-state index contributed by atoms with van der Waals surface area (Å²) in [5, 5.41) is 3.15. The predicted molar refractivity (Wildman–Crippen MR) is 85.2 cm³/mol. The summed E-state index contributed by atoms with van der Waals surface area (Å²) in [6.07, 6.45) is 16.5. The summed E-state index contributed by atoms with van der Waals surface area (Å²) >= 11 is 0. The van der Waals surface area contributed by atoms with E-state index in [0.717, 1.165) is 24.1 Å². The molecule has 0 fully saturated rings. The first-order valence-corrected chi connectivity index (χ1v) is 6.63. The largest absolute Gasteiger partial charge is 0.477 e. The minimum absolute atomic E-state index is 0.185. The number of terminal acetylenes is 3. The van der Waals surface area contributed by atoms with Crippen molar-refractivity contribution in [3.05, 3.63) is 23.3 Å². The van der Waals surface area contributed by atoms with Crippen LogP contribution in [0.2, 0.25) is 0 Å². The number of hydrogen-bond acceptors (Lipinski definition) is 3. The van der Waals surface area contributed by atoms with Gasteiger partial charge in [0, 0.05) is 6.54 Å². The SMILES string of the molecule is C#CCNCCc1cc(C)c(OCC#C)c(OCC#C)c1. The van der Waals surface area contributed by atoms with Gasteiger partial charge in [-0.3, -0.25) is 0 Å². The van der Waals surface area contributed by atoms with Crippen molar-refractivity contribution in [2.24, 2.45) is 0 Å². The Kier molecular flexibility index (Phi) is 7.37. The average Bonchev–Trinajstić information content (AvgIpc) is 2.48. The van der Waals surface area contributed by atoms with Gasteiger partial charge in [-0.1, -0.05) is 23.8 Å². The van der Waals surface area contributed by atoms with E-state index in [1.165, 1.54) is 0 Å². The van der Waals surface area contributed by atoms with Crippen LogP contribution < -0.4 is 14.8 Å². The van der Waals surface area contributed by atoms with Gasteiger partial charge in [0.25, 0.3) is 0 Å². The molecule has 1 N–H and O–H groups in total. The van der Waals surface area contributed by atoms with Crippen molar-refractivity contribution in [1.29, 1.82) is 0 Å². The maximum Gasteiger partial charge on any atom is 0.165 e. The van der Waals surface area contributed by atoms with Crippen molar-refractivity contribution in [1.82, 2.24) is 5.32 Å². The standard InChI is InChI=1S/C18H19NO2/c1-5-9-19-10-8-16-13-15(4)18(21-12-7-3)17(14-16)20-11-6-2/h1-3,13-14,19H,8-12H2,4H3. The Balaban J connectivity index is 2.88. The van der Waals surface area contributed by atoms with Gasteiger partial charge in [-0.15, -0.1) is 19.3 Å². The fourth-order valence-corrected chi connectivity index (χ4v) is 1.88. The van der Waals surface area contributed by atoms with Crippen molar-refractivity contribution in [2.45, 2.75) is 13.3 Å². The number of hydrogen-bond donors (Lipinski definition) is 1. The number of nitrogens with one attached hydrogen (secondary N) is 1. The minimum Gasteiger partial charge on any atom is -0.477 e. The molecule has 3 nitrogen and oxygen atoms in total. The molecule has 0 aliphatic heterocycles. The summed E-state index contributed by atoms with van der Waals surface area (Å²) < 4.78 is 11.1. The van der Waals surface area contributed by atoms with Gasteiger partial charge in [0.05, 0.1) is 6.54 Å². The molecule has 0 radical (unpaired) electrons. The molecule has 0 bridgehead atoms. The van der Waals surface area contributed by atoms with Gasteiger partial charge in [-0.25, -0.2) is 0 Å². The van der Waals surface area contributed by atoms with Gasteiger partial charge in [0.2, 0.25) is 0 Å². The number of rotatable bonds is 8. The predicted octanol–water partition coefficient (Wildman–Crippen LogP) is 1.78. The fourth-order valence-electron chi connectivity index (χ4n) is 1.88. The number of ether oxygens (including phenoxy) is 2. The van der Waals surface area contributed by atoms with E-state index in [1.54, 1.807) is 0 Å². The Hall–Kier alpha value is -2.54.